The third-order valence-electron chi connectivity index (χ3n) is 7.69. The number of nitrogens with zero attached hydrogens (tertiary/aromatic N) is 4. The maximum atomic E-state index is 12.9. The molecule has 0 aromatic heterocycles. The van der Waals surface area contributed by atoms with Gasteiger partial charge in [0.1, 0.15) is 44.4 Å². The number of hydrogen-bond acceptors (Lipinski definition) is 28. The van der Waals surface area contributed by atoms with Gasteiger partial charge < -0.3 is 63.9 Å². The van der Waals surface area contributed by atoms with Crippen molar-refractivity contribution in [2.75, 3.05) is 44.7 Å². The number of benzene rings is 4. The number of phenolic OH excluding ortho intramolecular Hbond substituents is 1. The molecule has 0 aliphatic carbocycles. The number of anilines is 1. The molecule has 0 aliphatic heterocycles. The Labute approximate surface area is 539 Å². The van der Waals surface area contributed by atoms with Gasteiger partial charge in [-0.15, -0.1) is 24.8 Å². The van der Waals surface area contributed by atoms with Gasteiger partial charge in [0.25, 0.3) is 0 Å². The molecule has 0 spiro atoms. The number of ether oxygens (including phenoxy) is 2. The molecule has 38 heteroatoms. The molecule has 342 valence electrons. The van der Waals surface area contributed by atoms with Gasteiger partial charge in [-0.2, -0.15) is 4.33 Å². The maximum absolute atomic E-state index is 12.9. The Bertz CT molecular complexity index is 2830. The zero-order chi connectivity index (χ0) is 45.3. The van der Waals surface area contributed by atoms with Crippen LogP contribution in [0, 0.1) is 6.92 Å². The molecule has 4 rings (SSSR count). The van der Waals surface area contributed by atoms with E-state index >= 15 is 0 Å². The van der Waals surface area contributed by atoms with Crippen LogP contribution in [-0.2, 0) is 67.3 Å². The molecular formula is C29H27IKN5Na4O21S6. The average Bonchev–Trinajstić information content (AvgIpc) is 3.17. The van der Waals surface area contributed by atoms with Gasteiger partial charge in [-0.1, -0.05) is 0 Å². The number of nitrogens with two attached hydrogens (primary N) is 1. The molecule has 0 heterocycles. The summed E-state index contributed by atoms with van der Waals surface area (Å²) in [5.41, 5.74) is 3.76. The molecule has 4 aromatic carbocycles. The molecule has 0 saturated heterocycles. The van der Waals surface area contributed by atoms with Gasteiger partial charge in [0, 0.05) is 6.07 Å². The number of aromatic hydroxyl groups is 1. The summed E-state index contributed by atoms with van der Waals surface area (Å²) in [6.45, 7) is -0.152. The number of fused-ring (bicyclic) bond motifs is 1. The van der Waals surface area contributed by atoms with E-state index < -0.39 is 103 Å². The topological polar surface area (TPSA) is 398 Å². The van der Waals surface area contributed by atoms with Crippen molar-refractivity contribution in [2.24, 2.45) is 20.5 Å². The molecule has 3 N–H and O–H groups in total. The second-order valence-corrected chi connectivity index (χ2v) is 19.2. The predicted molar refractivity (Wildman–Crippen MR) is 201 cm³/mol. The van der Waals surface area contributed by atoms with Crippen LogP contribution in [-0.4, -0.2) is 86.8 Å². The number of nitrogen functional groups attached to an aromatic ring is 1. The number of phenols is 1. The summed E-state index contributed by atoms with van der Waals surface area (Å²) < 4.78 is 149. The van der Waals surface area contributed by atoms with Gasteiger partial charge in [0.15, 0.2) is 37.7 Å². The minimum atomic E-state index is -5.46. The van der Waals surface area contributed by atoms with Crippen LogP contribution in [0.5, 0.6) is 17.2 Å². The Kier molecular flexibility index (Phi) is 36.2. The van der Waals surface area contributed by atoms with Gasteiger partial charge in [-0.3, -0.25) is 18.4 Å². The van der Waals surface area contributed by atoms with E-state index in [1.807, 2.05) is 0 Å². The largest absolute Gasteiger partial charge is 1.00 e. The summed E-state index contributed by atoms with van der Waals surface area (Å²) in [5, 5.41) is 53.7. The molecule has 67 heavy (non-hydrogen) atoms. The molecule has 0 atom stereocenters. The number of azo groups is 2. The van der Waals surface area contributed by atoms with Gasteiger partial charge in [-0.05, 0) is 54.3 Å². The van der Waals surface area contributed by atoms with Crippen LogP contribution in [0.2, 0.25) is 0 Å². The van der Waals surface area contributed by atoms with Crippen LogP contribution >= 0.6 is 24.4 Å². The zero-order valence-electron chi connectivity index (χ0n) is 36.2. The van der Waals surface area contributed by atoms with E-state index in [0.29, 0.717) is 0 Å². The first-order chi connectivity index (χ1) is 28.6. The summed E-state index contributed by atoms with van der Waals surface area (Å²) in [7, 11) is -16.7. The van der Waals surface area contributed by atoms with Crippen molar-refractivity contribution in [3.05, 3.63) is 48.0 Å². The Morgan fingerprint density at radius 3 is 1.84 bits per heavy atom. The number of methoxy groups -OCH3 is 2. The Hall–Kier alpha value is 2.01. The predicted octanol–water partition coefficient (Wildman–Crippen LogP) is -15.7. The van der Waals surface area contributed by atoms with E-state index in [1.54, 1.807) is 0 Å². The smallest absolute Gasteiger partial charge is 1.00 e. The van der Waals surface area contributed by atoms with Crippen molar-refractivity contribution in [1.82, 2.24) is 0 Å². The molecule has 0 bridgehead atoms. The van der Waals surface area contributed by atoms with Crippen molar-refractivity contribution in [1.29, 1.82) is 0 Å². The second-order valence-electron chi connectivity index (χ2n) is 11.4. The van der Waals surface area contributed by atoms with E-state index in [4.69, 9.17) is 19.4 Å². The zero-order valence-corrected chi connectivity index (χ0v) is 54.4. The summed E-state index contributed by atoms with van der Waals surface area (Å²) in [4.78, 5) is -2.09. The van der Waals surface area contributed by atoms with Crippen LogP contribution in [0.1, 0.15) is 5.56 Å². The Morgan fingerprint density at radius 1 is 0.716 bits per heavy atom. The summed E-state index contributed by atoms with van der Waals surface area (Å²) >= 11 is 0.237. The molecule has 0 saturated carbocycles. The fourth-order valence-corrected chi connectivity index (χ4v) is 9.41. The third-order valence-corrected chi connectivity index (χ3v) is 13.5. The third kappa shape index (κ3) is 20.9. The van der Waals surface area contributed by atoms with E-state index in [-0.39, 0.29) is 262 Å². The first-order valence-electron chi connectivity index (χ1n) is 15.8. The van der Waals surface area contributed by atoms with Crippen LogP contribution < -0.4 is 219 Å². The minimum Gasteiger partial charge on any atom is -1.00 e. The number of rotatable bonds is 22. The quantitative estimate of drug-likeness (QED) is 0.00705. The fraction of sp³-hybridized carbons (Fsp3) is 0.241. The van der Waals surface area contributed by atoms with Crippen molar-refractivity contribution in [3.8, 4) is 17.2 Å². The van der Waals surface area contributed by atoms with Crippen molar-refractivity contribution < 1.29 is 289 Å². The Morgan fingerprint density at radius 2 is 1.28 bits per heavy atom. The number of halogens is 1. The number of sulfone groups is 2. The molecule has 0 unspecified atom stereocenters. The first-order valence-corrected chi connectivity index (χ1v) is 23.3. The van der Waals surface area contributed by atoms with Gasteiger partial charge in [-0.25, -0.2) is 33.7 Å². The molecule has 0 radical (unpaired) electrons. The van der Waals surface area contributed by atoms with E-state index in [2.05, 4.69) is 43.4 Å². The van der Waals surface area contributed by atoms with Crippen molar-refractivity contribution in [2.45, 2.75) is 26.5 Å². The van der Waals surface area contributed by atoms with Crippen molar-refractivity contribution >= 4 is 104 Å². The van der Waals surface area contributed by atoms with Crippen LogP contribution in [0.25, 0.3) is 10.8 Å². The standard InChI is InChI=1S/C29H31N5O21S6.HI.K.4Na/c1-15-10-18(21(49-3)14-23(15)59(40,41)9-7-51-61(45,46)47)31-34-28-24(60(42,43)44)12-16-11-22(56-54-52-36)27(29(35)25(16)26(28)30)33-32-19-13-17(4-5-20(19)48-2)58(38,39)8-6-50-57-55-53-37;;;;;;/h4-5,10-14,35-37H,6-9,30H2,1-3H3,(H,42,43,44)(H,45,46,47);1H;;;;;/q;;5*+1/p-5. The Balaban J connectivity index is -0.00000683. The maximum Gasteiger partial charge on any atom is 1.00 e. The summed E-state index contributed by atoms with van der Waals surface area (Å²) in [6.07, 6.45) is 0. The molecule has 0 fully saturated rings. The monoisotopic (exact) mass is 1230 g/mol. The minimum absolute atomic E-state index is 0. The molecule has 0 amide bonds. The number of hydrogen-bond donors (Lipinski definition) is 2. The van der Waals surface area contributed by atoms with Crippen LogP contribution in [0.3, 0.4) is 0 Å². The second kappa shape index (κ2) is 33.1. The fourth-order valence-electron chi connectivity index (χ4n) is 5.08. The van der Waals surface area contributed by atoms with E-state index in [1.165, 1.54) is 26.2 Å². The van der Waals surface area contributed by atoms with Gasteiger partial charge in [0.2, 0.25) is 10.4 Å². The normalized spacial score (nSPS) is 11.7. The number of aryl methyl sites for hydroxylation is 1. The van der Waals surface area contributed by atoms with Gasteiger partial charge in [0.05, 0.1) is 81.6 Å². The molecule has 26 nitrogen and oxygen atoms in total. The average molecular weight is 1230 g/mol. The summed E-state index contributed by atoms with van der Waals surface area (Å²) in [5.74, 6) is -2.75. The van der Waals surface area contributed by atoms with Crippen molar-refractivity contribution in [3.63, 3.8) is 0 Å². The molecule has 0 aliphatic rings. The SMILES string of the molecule is COc1cc(S(=O)(=O)CCOS(=O)(=O)[O-])c(C)cc1N=Nc1c(S(=O)(=O)[O-])cc2cc(SOO[O-])c(N=Nc3cc(S(=O)(=O)CCOSOO[O-])ccc3OC)c(O)c2c1N.[I-].[K+].[Na+].[Na+].[Na+].[Na+]. The van der Waals surface area contributed by atoms with Crippen LogP contribution in [0.15, 0.2) is 82.5 Å². The molecule has 4 aromatic rings. The van der Waals surface area contributed by atoms with E-state index in [9.17, 15) is 58.4 Å². The van der Waals surface area contributed by atoms with E-state index in [0.717, 1.165) is 37.4 Å². The van der Waals surface area contributed by atoms with Gasteiger partial charge >= 0.3 is 170 Å². The van der Waals surface area contributed by atoms with Crippen LogP contribution in [0.4, 0.5) is 28.4 Å². The first kappa shape index (κ1) is 73.3. The summed E-state index contributed by atoms with van der Waals surface area (Å²) in [6, 6.07) is 7.31. The molecular weight excluding hydrogens is 1200 g/mol.